The van der Waals surface area contributed by atoms with Crippen molar-refractivity contribution in [3.63, 3.8) is 0 Å². The maximum atomic E-state index is 12.0. The number of nitrogens with zero attached hydrogens (tertiary/aromatic N) is 1. The summed E-state index contributed by atoms with van der Waals surface area (Å²) in [5, 5.41) is 0.613. The van der Waals surface area contributed by atoms with E-state index in [1.807, 2.05) is 0 Å². The maximum Gasteiger partial charge on any atom is 0.356 e. The predicted octanol–water partition coefficient (Wildman–Crippen LogP) is 3.55. The molecule has 0 radical (unpaired) electrons. The van der Waals surface area contributed by atoms with Crippen LogP contribution in [0.4, 0.5) is 0 Å². The van der Waals surface area contributed by atoms with Crippen molar-refractivity contribution >= 4 is 29.8 Å². The van der Waals surface area contributed by atoms with E-state index in [0.717, 1.165) is 5.56 Å². The Kier molecular flexibility index (Phi) is 8.05. The summed E-state index contributed by atoms with van der Waals surface area (Å²) in [5.74, 6) is -0.979. The Morgan fingerprint density at radius 3 is 2.30 bits per heavy atom. The van der Waals surface area contributed by atoms with Gasteiger partial charge in [-0.05, 0) is 44.0 Å². The molecular weight excluding hydrogens is 318 g/mol. The lowest BCUT2D eigenvalue weighted by Crippen LogP contribution is -2.11. The van der Waals surface area contributed by atoms with Crippen molar-refractivity contribution in [2.24, 2.45) is 4.99 Å². The second-order valence-electron chi connectivity index (χ2n) is 4.64. The van der Waals surface area contributed by atoms with Crippen molar-refractivity contribution < 1.29 is 19.1 Å². The van der Waals surface area contributed by atoms with Gasteiger partial charge in [0.05, 0.1) is 19.6 Å². The number of hydrogen-bond donors (Lipinski definition) is 0. The quantitative estimate of drug-likeness (QED) is 0.433. The summed E-state index contributed by atoms with van der Waals surface area (Å²) in [7, 11) is 0. The highest BCUT2D eigenvalue weighted by atomic mass is 35.5. The molecular formula is C17H20ClNO4. The topological polar surface area (TPSA) is 65.0 Å². The second-order valence-corrected chi connectivity index (χ2v) is 5.08. The summed E-state index contributed by atoms with van der Waals surface area (Å²) in [6.07, 6.45) is 1.51. The lowest BCUT2D eigenvalue weighted by Gasteiger charge is -2.07. The number of carbonyl (C=O) groups is 2. The number of rotatable bonds is 7. The zero-order chi connectivity index (χ0) is 17.2. The van der Waals surface area contributed by atoms with E-state index in [-0.39, 0.29) is 25.3 Å². The normalized spacial score (nSPS) is 12.0. The summed E-state index contributed by atoms with van der Waals surface area (Å²) in [4.78, 5) is 27.8. The van der Waals surface area contributed by atoms with Gasteiger partial charge >= 0.3 is 11.9 Å². The fourth-order valence-corrected chi connectivity index (χ4v) is 1.86. The first-order valence-corrected chi connectivity index (χ1v) is 7.67. The van der Waals surface area contributed by atoms with Gasteiger partial charge in [0, 0.05) is 11.2 Å². The zero-order valence-electron chi connectivity index (χ0n) is 13.5. The Bertz CT molecular complexity index is 606. The summed E-state index contributed by atoms with van der Waals surface area (Å²) >= 11 is 5.82. The van der Waals surface area contributed by atoms with Gasteiger partial charge in [0.15, 0.2) is 0 Å². The third-order valence-corrected chi connectivity index (χ3v) is 3.05. The van der Waals surface area contributed by atoms with Gasteiger partial charge in [-0.25, -0.2) is 9.79 Å². The lowest BCUT2D eigenvalue weighted by molar-refractivity contribution is -0.142. The number of hydrogen-bond acceptors (Lipinski definition) is 5. The van der Waals surface area contributed by atoms with Crippen LogP contribution in [0.15, 0.2) is 40.5 Å². The van der Waals surface area contributed by atoms with Crippen LogP contribution in [-0.2, 0) is 19.1 Å². The molecule has 0 bridgehead atoms. The molecule has 0 aliphatic heterocycles. The highest BCUT2D eigenvalue weighted by molar-refractivity contribution is 6.30. The number of carbonyl (C=O) groups excluding carboxylic acids is 2. The molecule has 1 aromatic carbocycles. The zero-order valence-corrected chi connectivity index (χ0v) is 14.2. The molecule has 0 aliphatic rings. The maximum absolute atomic E-state index is 12.0. The molecule has 0 aromatic heterocycles. The monoisotopic (exact) mass is 337 g/mol. The van der Waals surface area contributed by atoms with Crippen LogP contribution >= 0.6 is 11.6 Å². The van der Waals surface area contributed by atoms with Crippen LogP contribution in [0.3, 0.4) is 0 Å². The van der Waals surface area contributed by atoms with E-state index >= 15 is 0 Å². The van der Waals surface area contributed by atoms with Gasteiger partial charge in [0.1, 0.15) is 5.70 Å². The van der Waals surface area contributed by atoms with Crippen LogP contribution in [0, 0.1) is 0 Å². The Labute approximate surface area is 141 Å². The molecule has 5 nitrogen and oxygen atoms in total. The van der Waals surface area contributed by atoms with Crippen molar-refractivity contribution in [1.29, 1.82) is 0 Å². The molecule has 0 atom stereocenters. The fraction of sp³-hybridized carbons (Fsp3) is 0.353. The van der Waals surface area contributed by atoms with Gasteiger partial charge in [0.2, 0.25) is 0 Å². The van der Waals surface area contributed by atoms with Crippen molar-refractivity contribution in [3.05, 3.63) is 46.1 Å². The first-order valence-electron chi connectivity index (χ1n) is 7.30. The number of ether oxygens (including phenoxy) is 2. The van der Waals surface area contributed by atoms with Crippen LogP contribution in [0.25, 0.3) is 0 Å². The van der Waals surface area contributed by atoms with Gasteiger partial charge in [-0.3, -0.25) is 4.79 Å². The first-order chi connectivity index (χ1) is 11.0. The second kappa shape index (κ2) is 9.79. The van der Waals surface area contributed by atoms with E-state index in [9.17, 15) is 9.59 Å². The third kappa shape index (κ3) is 6.65. The molecule has 0 saturated heterocycles. The van der Waals surface area contributed by atoms with Crippen molar-refractivity contribution in [1.82, 2.24) is 0 Å². The predicted molar refractivity (Wildman–Crippen MR) is 89.6 cm³/mol. The molecule has 1 rings (SSSR count). The SMILES string of the molecule is CCOC(=O)C/C(C)=C(/N=Cc1ccc(Cl)cc1)C(=O)OCC. The average Bonchev–Trinajstić information content (AvgIpc) is 2.49. The van der Waals surface area contributed by atoms with Crippen molar-refractivity contribution in [2.75, 3.05) is 13.2 Å². The molecule has 1 aromatic rings. The lowest BCUT2D eigenvalue weighted by atomic mass is 10.1. The van der Waals surface area contributed by atoms with Crippen LogP contribution in [0.5, 0.6) is 0 Å². The van der Waals surface area contributed by atoms with E-state index in [1.165, 1.54) is 6.21 Å². The summed E-state index contributed by atoms with van der Waals surface area (Å²) in [6.45, 7) is 5.60. The number of esters is 2. The standard InChI is InChI=1S/C17H20ClNO4/c1-4-22-15(20)10-12(3)16(17(21)23-5-2)19-11-13-6-8-14(18)9-7-13/h6-9,11H,4-5,10H2,1-3H3/b16-12+,19-11?. The van der Waals surface area contributed by atoms with E-state index in [4.69, 9.17) is 21.1 Å². The van der Waals surface area contributed by atoms with Crippen molar-refractivity contribution in [2.45, 2.75) is 27.2 Å². The van der Waals surface area contributed by atoms with E-state index < -0.39 is 11.9 Å². The van der Waals surface area contributed by atoms with Crippen LogP contribution in [0.2, 0.25) is 5.02 Å². The Hall–Kier alpha value is -2.14. The van der Waals surface area contributed by atoms with Crippen LogP contribution in [-0.4, -0.2) is 31.4 Å². The minimum atomic E-state index is -0.570. The summed E-state index contributed by atoms with van der Waals surface area (Å²) < 4.78 is 9.88. The molecule has 23 heavy (non-hydrogen) atoms. The average molecular weight is 338 g/mol. The largest absolute Gasteiger partial charge is 0.466 e. The van der Waals surface area contributed by atoms with Gasteiger partial charge < -0.3 is 9.47 Å². The third-order valence-electron chi connectivity index (χ3n) is 2.80. The Morgan fingerprint density at radius 1 is 1.13 bits per heavy atom. The van der Waals surface area contributed by atoms with Crippen LogP contribution in [0.1, 0.15) is 32.8 Å². The van der Waals surface area contributed by atoms with E-state index in [0.29, 0.717) is 10.6 Å². The van der Waals surface area contributed by atoms with E-state index in [1.54, 1.807) is 45.0 Å². The minimum absolute atomic E-state index is 0.0139. The van der Waals surface area contributed by atoms with Gasteiger partial charge in [-0.15, -0.1) is 0 Å². The molecule has 0 unspecified atom stereocenters. The number of aliphatic imine (C=N–C) groups is 1. The molecule has 0 saturated carbocycles. The Morgan fingerprint density at radius 2 is 1.74 bits per heavy atom. The van der Waals surface area contributed by atoms with E-state index in [2.05, 4.69) is 4.99 Å². The van der Waals surface area contributed by atoms with Crippen LogP contribution < -0.4 is 0 Å². The molecule has 0 aliphatic carbocycles. The highest BCUT2D eigenvalue weighted by Crippen LogP contribution is 2.14. The molecule has 0 fully saturated rings. The van der Waals surface area contributed by atoms with Gasteiger partial charge in [0.25, 0.3) is 0 Å². The first kappa shape index (κ1) is 18.9. The Balaban J connectivity index is 3.01. The molecule has 0 spiro atoms. The molecule has 6 heteroatoms. The molecule has 124 valence electrons. The summed E-state index contributed by atoms with van der Waals surface area (Å²) in [5.41, 5.74) is 1.38. The molecule has 0 heterocycles. The number of benzene rings is 1. The highest BCUT2D eigenvalue weighted by Gasteiger charge is 2.15. The fourth-order valence-electron chi connectivity index (χ4n) is 1.74. The number of halogens is 1. The minimum Gasteiger partial charge on any atom is -0.466 e. The smallest absolute Gasteiger partial charge is 0.356 e. The molecule has 0 amide bonds. The summed E-state index contributed by atoms with van der Waals surface area (Å²) in [6, 6.07) is 6.99. The van der Waals surface area contributed by atoms with Gasteiger partial charge in [-0.2, -0.15) is 0 Å². The van der Waals surface area contributed by atoms with Gasteiger partial charge in [-0.1, -0.05) is 23.7 Å². The molecule has 0 N–H and O–H groups in total. The van der Waals surface area contributed by atoms with Crippen molar-refractivity contribution in [3.8, 4) is 0 Å².